The van der Waals surface area contributed by atoms with Crippen LogP contribution < -0.4 is 5.32 Å². The van der Waals surface area contributed by atoms with E-state index in [2.05, 4.69) is 58.9 Å². The Labute approximate surface area is 247 Å². The summed E-state index contributed by atoms with van der Waals surface area (Å²) >= 11 is 0. The topological polar surface area (TPSA) is 78.9 Å². The largest absolute Gasteiger partial charge is 0.462 e. The summed E-state index contributed by atoms with van der Waals surface area (Å²) in [6, 6.07) is 9.18. The highest BCUT2D eigenvalue weighted by Crippen LogP contribution is 2.70. The molecular weight excluding hydrogens is 512 g/mol. The van der Waals surface area contributed by atoms with Crippen molar-refractivity contribution < 1.29 is 19.4 Å². The van der Waals surface area contributed by atoms with Crippen molar-refractivity contribution in [3.63, 3.8) is 0 Å². The van der Waals surface area contributed by atoms with Crippen molar-refractivity contribution in [3.8, 4) is 0 Å². The Kier molecular flexibility index (Phi) is 8.00. The summed E-state index contributed by atoms with van der Waals surface area (Å²) in [6.07, 6.45) is 7.46. The summed E-state index contributed by atoms with van der Waals surface area (Å²) in [5.74, 6) is 1.04. The number of nitrogens with one attached hydrogen (secondary N) is 1. The van der Waals surface area contributed by atoms with E-state index in [1.54, 1.807) is 12.1 Å². The number of ether oxygens (including phenoxy) is 1. The zero-order valence-electron chi connectivity index (χ0n) is 26.4. The molecule has 41 heavy (non-hydrogen) atoms. The van der Waals surface area contributed by atoms with Gasteiger partial charge in [-0.1, -0.05) is 57.5 Å². The van der Waals surface area contributed by atoms with Gasteiger partial charge in [-0.3, -0.25) is 9.59 Å². The van der Waals surface area contributed by atoms with E-state index in [0.717, 1.165) is 19.3 Å². The predicted octanol–water partition coefficient (Wildman–Crippen LogP) is 5.85. The van der Waals surface area contributed by atoms with Crippen LogP contribution in [0.15, 0.2) is 42.0 Å². The number of amides is 1. The van der Waals surface area contributed by atoms with Crippen molar-refractivity contribution in [2.24, 2.45) is 39.9 Å². The summed E-state index contributed by atoms with van der Waals surface area (Å²) in [5.41, 5.74) is 1.63. The van der Waals surface area contributed by atoms with Gasteiger partial charge in [0.1, 0.15) is 6.10 Å². The summed E-state index contributed by atoms with van der Waals surface area (Å²) in [6.45, 7) is 13.2. The molecule has 0 saturated heterocycles. The van der Waals surface area contributed by atoms with Crippen LogP contribution in [0.1, 0.15) is 90.4 Å². The molecule has 4 aliphatic rings. The molecule has 10 unspecified atom stereocenters. The summed E-state index contributed by atoms with van der Waals surface area (Å²) in [5, 5.41) is 14.6. The van der Waals surface area contributed by atoms with Gasteiger partial charge in [0.05, 0.1) is 12.1 Å². The van der Waals surface area contributed by atoms with Gasteiger partial charge in [0.15, 0.2) is 0 Å². The minimum Gasteiger partial charge on any atom is -0.462 e. The van der Waals surface area contributed by atoms with Gasteiger partial charge in [0.25, 0.3) is 5.91 Å². The van der Waals surface area contributed by atoms with E-state index in [0.29, 0.717) is 29.4 Å². The molecule has 3 saturated carbocycles. The Balaban J connectivity index is 1.50. The van der Waals surface area contributed by atoms with Gasteiger partial charge < -0.3 is 20.1 Å². The number of carbonyl (C=O) groups excluding carboxylic acids is 2. The molecule has 6 heteroatoms. The number of rotatable bonds is 5. The van der Waals surface area contributed by atoms with E-state index in [1.165, 1.54) is 31.8 Å². The van der Waals surface area contributed by atoms with Crippen LogP contribution >= 0.6 is 0 Å². The van der Waals surface area contributed by atoms with E-state index in [4.69, 9.17) is 4.74 Å². The minimum absolute atomic E-state index is 0.0748. The molecule has 2 N–H and O–H groups in total. The number of esters is 1. The predicted molar refractivity (Wildman–Crippen MR) is 162 cm³/mol. The molecule has 6 nitrogen and oxygen atoms in total. The van der Waals surface area contributed by atoms with Crippen molar-refractivity contribution in [1.29, 1.82) is 0 Å². The van der Waals surface area contributed by atoms with Crippen molar-refractivity contribution in [3.05, 3.63) is 47.5 Å². The molecule has 10 atom stereocenters. The minimum atomic E-state index is -0.806. The fourth-order valence-corrected chi connectivity index (χ4v) is 10.1. The second kappa shape index (κ2) is 10.8. The summed E-state index contributed by atoms with van der Waals surface area (Å²) in [7, 11) is 4.41. The molecule has 0 radical (unpaired) electrons. The number of aliphatic hydroxyl groups excluding tert-OH is 1. The van der Waals surface area contributed by atoms with Crippen molar-refractivity contribution in [2.45, 2.75) is 104 Å². The lowest BCUT2D eigenvalue weighted by atomic mass is 9.48. The van der Waals surface area contributed by atoms with Crippen LogP contribution in [0.25, 0.3) is 0 Å². The van der Waals surface area contributed by atoms with E-state index < -0.39 is 17.6 Å². The molecule has 226 valence electrons. The van der Waals surface area contributed by atoms with Gasteiger partial charge in [-0.2, -0.15) is 0 Å². The Morgan fingerprint density at radius 2 is 1.71 bits per heavy atom. The standard InChI is InChI=1S/C35H52N2O4/c1-21(37(7)8)26-15-17-35(6)27-20-29(41-22(2)38)30-25(18-24(27)14-16-34(26,35)5)19-28(39)31(33(30,3)4)36-32(40)23-12-10-9-11-13-23/h9-13,19,21,24,26-31,39H,14-18,20H2,1-8H3,(H,36,40). The third-order valence-electron chi connectivity index (χ3n) is 12.6. The van der Waals surface area contributed by atoms with Gasteiger partial charge in [-0.15, -0.1) is 0 Å². The highest BCUT2D eigenvalue weighted by molar-refractivity contribution is 5.94. The van der Waals surface area contributed by atoms with Crippen molar-refractivity contribution >= 4 is 11.9 Å². The van der Waals surface area contributed by atoms with E-state index in [-0.39, 0.29) is 34.7 Å². The molecule has 0 aliphatic heterocycles. The average molecular weight is 565 g/mol. The maximum atomic E-state index is 13.2. The zero-order valence-corrected chi connectivity index (χ0v) is 26.4. The lowest BCUT2D eigenvalue weighted by Crippen LogP contribution is -2.59. The Hall–Kier alpha value is -2.18. The van der Waals surface area contributed by atoms with Crippen LogP contribution in [0.5, 0.6) is 0 Å². The SMILES string of the molecule is CC(=O)OC1CC2C(CCC3(C)C(C(C)N(C)C)CCC23C)CC2=CC(O)C(NC(=O)c3ccccc3)C(C)(C)C21. The molecule has 3 fully saturated rings. The third-order valence-corrected chi connectivity index (χ3v) is 12.6. The number of hydrogen-bond donors (Lipinski definition) is 2. The highest BCUT2D eigenvalue weighted by atomic mass is 16.5. The molecule has 0 bridgehead atoms. The molecule has 0 heterocycles. The van der Waals surface area contributed by atoms with Crippen LogP contribution in [-0.2, 0) is 9.53 Å². The maximum Gasteiger partial charge on any atom is 0.302 e. The molecule has 5 rings (SSSR count). The Morgan fingerprint density at radius 3 is 2.34 bits per heavy atom. The Bertz CT molecular complexity index is 1180. The first kappa shape index (κ1) is 30.3. The highest BCUT2D eigenvalue weighted by Gasteiger charge is 2.64. The van der Waals surface area contributed by atoms with Crippen molar-refractivity contribution in [2.75, 3.05) is 14.1 Å². The van der Waals surface area contributed by atoms with Gasteiger partial charge >= 0.3 is 5.97 Å². The number of hydrogen-bond acceptors (Lipinski definition) is 5. The fourth-order valence-electron chi connectivity index (χ4n) is 10.1. The second-order valence-electron chi connectivity index (χ2n) is 15.0. The summed E-state index contributed by atoms with van der Waals surface area (Å²) < 4.78 is 6.26. The molecule has 4 aliphatic carbocycles. The first-order chi connectivity index (χ1) is 19.2. The summed E-state index contributed by atoms with van der Waals surface area (Å²) in [4.78, 5) is 28.2. The molecule has 0 spiro atoms. The number of benzene rings is 1. The van der Waals surface area contributed by atoms with Crippen LogP contribution in [0, 0.1) is 39.9 Å². The van der Waals surface area contributed by atoms with E-state index in [1.807, 2.05) is 24.3 Å². The van der Waals surface area contributed by atoms with Gasteiger partial charge in [0.2, 0.25) is 0 Å². The number of fused-ring (bicyclic) bond motifs is 4. The second-order valence-corrected chi connectivity index (χ2v) is 15.0. The zero-order chi connectivity index (χ0) is 29.9. The molecule has 1 amide bonds. The molecule has 1 aromatic carbocycles. The van der Waals surface area contributed by atoms with Gasteiger partial charge in [-0.05, 0) is 106 Å². The maximum absolute atomic E-state index is 13.2. The fraction of sp³-hybridized carbons (Fsp3) is 0.714. The normalized spacial score (nSPS) is 40.3. The average Bonchev–Trinajstić information content (AvgIpc) is 3.07. The van der Waals surface area contributed by atoms with Crippen LogP contribution in [0.3, 0.4) is 0 Å². The number of nitrogens with zero attached hydrogens (tertiary/aromatic N) is 1. The number of carbonyl (C=O) groups is 2. The first-order valence-electron chi connectivity index (χ1n) is 15.8. The van der Waals surface area contributed by atoms with E-state index >= 15 is 0 Å². The Morgan fingerprint density at radius 1 is 1.05 bits per heavy atom. The molecule has 1 aromatic rings. The molecular formula is C35H52N2O4. The van der Waals surface area contributed by atoms with Crippen molar-refractivity contribution in [1.82, 2.24) is 10.2 Å². The number of aliphatic hydroxyl groups is 1. The van der Waals surface area contributed by atoms with Crippen LogP contribution in [-0.4, -0.2) is 60.3 Å². The lowest BCUT2D eigenvalue weighted by molar-refractivity contribution is -0.156. The van der Waals surface area contributed by atoms with Crippen LogP contribution in [0.2, 0.25) is 0 Å². The smallest absolute Gasteiger partial charge is 0.302 e. The van der Waals surface area contributed by atoms with E-state index in [9.17, 15) is 14.7 Å². The van der Waals surface area contributed by atoms with Gasteiger partial charge in [-0.25, -0.2) is 0 Å². The quantitative estimate of drug-likeness (QED) is 0.346. The monoisotopic (exact) mass is 564 g/mol. The van der Waals surface area contributed by atoms with Gasteiger partial charge in [0, 0.05) is 24.4 Å². The third kappa shape index (κ3) is 4.97. The van der Waals surface area contributed by atoms with Crippen LogP contribution in [0.4, 0.5) is 0 Å². The molecule has 0 aromatic heterocycles. The lowest BCUT2D eigenvalue weighted by Gasteiger charge is -2.57. The first-order valence-corrected chi connectivity index (χ1v) is 15.8.